The highest BCUT2D eigenvalue weighted by atomic mass is 127. The number of hydrogen-bond donors (Lipinski definition) is 2. The van der Waals surface area contributed by atoms with Crippen LogP contribution in [0.15, 0.2) is 42.5 Å². The fraction of sp³-hybridized carbons (Fsp3) is 0. The number of nitrogen functional groups attached to an aromatic ring is 2. The molecule has 0 unspecified atom stereocenters. The molecule has 0 spiro atoms. The predicted molar refractivity (Wildman–Crippen MR) is 73.4 cm³/mol. The van der Waals surface area contributed by atoms with Gasteiger partial charge in [0.1, 0.15) is 0 Å². The van der Waals surface area contributed by atoms with Gasteiger partial charge in [-0.05, 0) is 58.0 Å². The van der Waals surface area contributed by atoms with E-state index in [0.717, 1.165) is 11.1 Å². The molecule has 0 aliphatic carbocycles. The molecule has 76 valence electrons. The second-order valence-corrected chi connectivity index (χ2v) is 4.60. The van der Waals surface area contributed by atoms with E-state index in [1.807, 2.05) is 24.3 Å². The Kier molecular flexibility index (Phi) is 2.81. The Labute approximate surface area is 102 Å². The lowest BCUT2D eigenvalue weighted by Gasteiger charge is -2.05. The maximum Gasteiger partial charge on any atom is 0.0554 e. The minimum absolute atomic E-state index is 0.629. The lowest BCUT2D eigenvalue weighted by atomic mass is 10.0. The first kappa shape index (κ1) is 10.3. The standard InChI is InChI=1S/C12H11IN2/c13-10-3-1-2-8(6-10)9-4-5-11(14)12(15)7-9/h1-7H,14-15H2. The van der Waals surface area contributed by atoms with Crippen molar-refractivity contribution in [1.29, 1.82) is 0 Å². The SMILES string of the molecule is Nc1ccc(-c2cccc(I)c2)cc1N. The van der Waals surface area contributed by atoms with Gasteiger partial charge >= 0.3 is 0 Å². The van der Waals surface area contributed by atoms with Crippen molar-refractivity contribution in [2.45, 2.75) is 0 Å². The maximum atomic E-state index is 5.77. The van der Waals surface area contributed by atoms with Crippen molar-refractivity contribution >= 4 is 34.0 Å². The Morgan fingerprint density at radius 1 is 0.800 bits per heavy atom. The Hall–Kier alpha value is -1.23. The Balaban J connectivity index is 2.50. The van der Waals surface area contributed by atoms with E-state index >= 15 is 0 Å². The molecule has 2 rings (SSSR count). The molecule has 2 nitrogen and oxygen atoms in total. The molecule has 0 saturated carbocycles. The van der Waals surface area contributed by atoms with E-state index in [0.29, 0.717) is 11.4 Å². The largest absolute Gasteiger partial charge is 0.397 e. The van der Waals surface area contributed by atoms with Gasteiger partial charge < -0.3 is 11.5 Å². The van der Waals surface area contributed by atoms with Crippen molar-refractivity contribution in [1.82, 2.24) is 0 Å². The van der Waals surface area contributed by atoms with Crippen LogP contribution < -0.4 is 11.5 Å². The zero-order chi connectivity index (χ0) is 10.8. The van der Waals surface area contributed by atoms with Crippen LogP contribution in [0.3, 0.4) is 0 Å². The van der Waals surface area contributed by atoms with Crippen LogP contribution in [-0.4, -0.2) is 0 Å². The van der Waals surface area contributed by atoms with Gasteiger partial charge in [0, 0.05) is 3.57 Å². The summed E-state index contributed by atoms with van der Waals surface area (Å²) in [6, 6.07) is 14.0. The molecule has 0 aliphatic heterocycles. The smallest absolute Gasteiger partial charge is 0.0554 e. The highest BCUT2D eigenvalue weighted by Crippen LogP contribution is 2.26. The first-order chi connectivity index (χ1) is 7.16. The first-order valence-electron chi connectivity index (χ1n) is 4.58. The first-order valence-corrected chi connectivity index (χ1v) is 5.65. The molecule has 0 heterocycles. The zero-order valence-electron chi connectivity index (χ0n) is 8.07. The van der Waals surface area contributed by atoms with Gasteiger partial charge in [-0.1, -0.05) is 18.2 Å². The zero-order valence-corrected chi connectivity index (χ0v) is 10.2. The third kappa shape index (κ3) is 2.23. The van der Waals surface area contributed by atoms with Crippen LogP contribution in [0.1, 0.15) is 0 Å². The minimum Gasteiger partial charge on any atom is -0.397 e. The third-order valence-electron chi connectivity index (χ3n) is 2.24. The summed E-state index contributed by atoms with van der Waals surface area (Å²) in [5.74, 6) is 0. The van der Waals surface area contributed by atoms with Crippen molar-refractivity contribution in [2.24, 2.45) is 0 Å². The second kappa shape index (κ2) is 4.10. The van der Waals surface area contributed by atoms with Gasteiger partial charge in [0.2, 0.25) is 0 Å². The molecular weight excluding hydrogens is 299 g/mol. The van der Waals surface area contributed by atoms with Gasteiger partial charge in [0.25, 0.3) is 0 Å². The second-order valence-electron chi connectivity index (χ2n) is 3.35. The summed E-state index contributed by atoms with van der Waals surface area (Å²) in [4.78, 5) is 0. The Morgan fingerprint density at radius 3 is 2.20 bits per heavy atom. The van der Waals surface area contributed by atoms with Crippen molar-refractivity contribution in [3.8, 4) is 11.1 Å². The van der Waals surface area contributed by atoms with E-state index in [9.17, 15) is 0 Å². The summed E-state index contributed by atoms with van der Waals surface area (Å²) in [5, 5.41) is 0. The molecule has 0 amide bonds. The number of nitrogens with two attached hydrogens (primary N) is 2. The minimum atomic E-state index is 0.629. The van der Waals surface area contributed by atoms with Gasteiger partial charge in [-0.3, -0.25) is 0 Å². The number of halogens is 1. The third-order valence-corrected chi connectivity index (χ3v) is 2.92. The van der Waals surface area contributed by atoms with E-state index < -0.39 is 0 Å². The van der Waals surface area contributed by atoms with Crippen LogP contribution in [0.2, 0.25) is 0 Å². The van der Waals surface area contributed by atoms with E-state index in [1.165, 1.54) is 3.57 Å². The quantitative estimate of drug-likeness (QED) is 0.628. The number of benzene rings is 2. The van der Waals surface area contributed by atoms with Crippen molar-refractivity contribution in [3.63, 3.8) is 0 Å². The summed E-state index contributed by atoms with van der Waals surface area (Å²) in [6.45, 7) is 0. The van der Waals surface area contributed by atoms with E-state index in [1.54, 1.807) is 0 Å². The summed E-state index contributed by atoms with van der Waals surface area (Å²) in [6.07, 6.45) is 0. The number of hydrogen-bond acceptors (Lipinski definition) is 2. The van der Waals surface area contributed by atoms with Crippen LogP contribution in [0.4, 0.5) is 11.4 Å². The molecule has 0 aromatic heterocycles. The maximum absolute atomic E-state index is 5.77. The number of anilines is 2. The monoisotopic (exact) mass is 310 g/mol. The highest BCUT2D eigenvalue weighted by Gasteiger charge is 2.00. The Morgan fingerprint density at radius 2 is 1.53 bits per heavy atom. The van der Waals surface area contributed by atoms with E-state index in [2.05, 4.69) is 40.8 Å². The van der Waals surface area contributed by atoms with Crippen LogP contribution in [0.5, 0.6) is 0 Å². The molecular formula is C12H11IN2. The molecule has 0 fully saturated rings. The predicted octanol–water partition coefficient (Wildman–Crippen LogP) is 3.12. The summed E-state index contributed by atoms with van der Waals surface area (Å²) in [7, 11) is 0. The van der Waals surface area contributed by atoms with Crippen molar-refractivity contribution < 1.29 is 0 Å². The van der Waals surface area contributed by atoms with Gasteiger partial charge in [0.15, 0.2) is 0 Å². The molecule has 2 aromatic carbocycles. The highest BCUT2D eigenvalue weighted by molar-refractivity contribution is 14.1. The van der Waals surface area contributed by atoms with E-state index in [4.69, 9.17) is 11.5 Å². The topological polar surface area (TPSA) is 52.0 Å². The van der Waals surface area contributed by atoms with Gasteiger partial charge in [0.05, 0.1) is 11.4 Å². The van der Waals surface area contributed by atoms with Crippen LogP contribution >= 0.6 is 22.6 Å². The van der Waals surface area contributed by atoms with Crippen molar-refractivity contribution in [3.05, 3.63) is 46.0 Å². The average Bonchev–Trinajstić information content (AvgIpc) is 2.22. The summed E-state index contributed by atoms with van der Waals surface area (Å²) < 4.78 is 1.21. The molecule has 15 heavy (non-hydrogen) atoms. The van der Waals surface area contributed by atoms with Gasteiger partial charge in [-0.2, -0.15) is 0 Å². The lowest BCUT2D eigenvalue weighted by molar-refractivity contribution is 1.58. The molecule has 0 bridgehead atoms. The molecule has 0 atom stereocenters. The molecule has 3 heteroatoms. The normalized spacial score (nSPS) is 10.2. The van der Waals surface area contributed by atoms with Gasteiger partial charge in [-0.25, -0.2) is 0 Å². The fourth-order valence-corrected chi connectivity index (χ4v) is 1.97. The summed E-state index contributed by atoms with van der Waals surface area (Å²) >= 11 is 2.29. The summed E-state index contributed by atoms with van der Waals surface area (Å²) in [5.41, 5.74) is 15.0. The molecule has 0 aliphatic rings. The van der Waals surface area contributed by atoms with Crippen LogP contribution in [0, 0.1) is 3.57 Å². The van der Waals surface area contributed by atoms with E-state index in [-0.39, 0.29) is 0 Å². The molecule has 0 radical (unpaired) electrons. The average molecular weight is 310 g/mol. The van der Waals surface area contributed by atoms with Crippen LogP contribution in [0.25, 0.3) is 11.1 Å². The molecule has 4 N–H and O–H groups in total. The lowest BCUT2D eigenvalue weighted by Crippen LogP contribution is -1.94. The van der Waals surface area contributed by atoms with Crippen LogP contribution in [-0.2, 0) is 0 Å². The Bertz CT molecular complexity index is 495. The molecule has 2 aromatic rings. The molecule has 0 saturated heterocycles. The fourth-order valence-electron chi connectivity index (χ4n) is 1.42. The van der Waals surface area contributed by atoms with Crippen molar-refractivity contribution in [2.75, 3.05) is 11.5 Å². The van der Waals surface area contributed by atoms with Gasteiger partial charge in [-0.15, -0.1) is 0 Å². The number of rotatable bonds is 1.